The van der Waals surface area contributed by atoms with E-state index in [4.69, 9.17) is 0 Å². The van der Waals surface area contributed by atoms with Gasteiger partial charge in [0.05, 0.1) is 0 Å². The molecule has 0 N–H and O–H groups in total. The maximum absolute atomic E-state index is 2.40. The van der Waals surface area contributed by atoms with Crippen LogP contribution in [0.15, 0.2) is 48.5 Å². The van der Waals surface area contributed by atoms with Gasteiger partial charge in [-0.3, -0.25) is 0 Å². The largest absolute Gasteiger partial charge is 0.0654 e. The fraction of sp³-hybridized carbons (Fsp3) is 0.556. The van der Waals surface area contributed by atoms with Crippen LogP contribution in [-0.2, 0) is 0 Å². The van der Waals surface area contributed by atoms with Crippen molar-refractivity contribution in [2.75, 3.05) is 0 Å². The first-order valence-electron chi connectivity index (χ1n) is 11.6. The van der Waals surface area contributed by atoms with E-state index in [1.807, 2.05) is 0 Å². The average molecular weight is 486 g/mol. The first kappa shape index (κ1) is 20.4. The quantitative estimate of drug-likeness (QED) is 0.371. The molecular formula is C27H35I. The minimum Gasteiger partial charge on any atom is -0.0654 e. The van der Waals surface area contributed by atoms with Crippen molar-refractivity contribution in [2.45, 2.75) is 77.0 Å². The predicted molar refractivity (Wildman–Crippen MR) is 130 cm³/mol. The molecule has 150 valence electrons. The highest BCUT2D eigenvalue weighted by molar-refractivity contribution is 14.1. The van der Waals surface area contributed by atoms with Crippen molar-refractivity contribution in [1.82, 2.24) is 0 Å². The van der Waals surface area contributed by atoms with Gasteiger partial charge in [0.1, 0.15) is 0 Å². The molecule has 0 heterocycles. The molecule has 0 aliphatic heterocycles. The van der Waals surface area contributed by atoms with Gasteiger partial charge in [0, 0.05) is 3.57 Å². The van der Waals surface area contributed by atoms with E-state index in [0.29, 0.717) is 0 Å². The Kier molecular flexibility index (Phi) is 7.14. The van der Waals surface area contributed by atoms with E-state index in [1.54, 1.807) is 5.56 Å². The van der Waals surface area contributed by atoms with E-state index in [9.17, 15) is 0 Å². The molecule has 2 aliphatic carbocycles. The van der Waals surface area contributed by atoms with Gasteiger partial charge in [0.15, 0.2) is 0 Å². The van der Waals surface area contributed by atoms with Crippen LogP contribution in [0.5, 0.6) is 0 Å². The van der Waals surface area contributed by atoms with Crippen molar-refractivity contribution in [3.8, 4) is 11.1 Å². The van der Waals surface area contributed by atoms with Crippen LogP contribution in [0.2, 0.25) is 0 Å². The minimum absolute atomic E-state index is 0.790. The topological polar surface area (TPSA) is 0 Å². The lowest BCUT2D eigenvalue weighted by atomic mass is 9.68. The second-order valence-electron chi connectivity index (χ2n) is 9.31. The molecule has 28 heavy (non-hydrogen) atoms. The second kappa shape index (κ2) is 9.78. The maximum atomic E-state index is 2.40. The van der Waals surface area contributed by atoms with Gasteiger partial charge in [0.25, 0.3) is 0 Å². The molecule has 1 heteroatoms. The summed E-state index contributed by atoms with van der Waals surface area (Å²) >= 11 is 2.37. The fourth-order valence-electron chi connectivity index (χ4n) is 5.87. The highest BCUT2D eigenvalue weighted by Crippen LogP contribution is 2.44. The molecule has 0 radical (unpaired) electrons. The van der Waals surface area contributed by atoms with Gasteiger partial charge in [-0.1, -0.05) is 69.0 Å². The average Bonchev–Trinajstić information content (AvgIpc) is 2.75. The number of benzene rings is 2. The van der Waals surface area contributed by atoms with E-state index >= 15 is 0 Å². The van der Waals surface area contributed by atoms with Crippen molar-refractivity contribution < 1.29 is 0 Å². The summed E-state index contributed by atoms with van der Waals surface area (Å²) in [7, 11) is 0. The van der Waals surface area contributed by atoms with Gasteiger partial charge >= 0.3 is 0 Å². The molecular weight excluding hydrogens is 451 g/mol. The summed E-state index contributed by atoms with van der Waals surface area (Å²) < 4.78 is 1.30. The molecule has 0 nitrogen and oxygen atoms in total. The van der Waals surface area contributed by atoms with Crippen molar-refractivity contribution >= 4 is 22.6 Å². The Morgan fingerprint density at radius 1 is 0.679 bits per heavy atom. The van der Waals surface area contributed by atoms with Crippen LogP contribution in [0.25, 0.3) is 11.1 Å². The molecule has 4 rings (SSSR count). The highest BCUT2D eigenvalue weighted by Gasteiger charge is 2.31. The smallest absolute Gasteiger partial charge is 0.0130 e. The van der Waals surface area contributed by atoms with Gasteiger partial charge in [-0.25, -0.2) is 0 Å². The van der Waals surface area contributed by atoms with E-state index in [0.717, 1.165) is 23.7 Å². The molecule has 2 aromatic rings. The molecule has 0 atom stereocenters. The van der Waals surface area contributed by atoms with Crippen molar-refractivity contribution in [3.05, 3.63) is 57.7 Å². The van der Waals surface area contributed by atoms with Gasteiger partial charge in [-0.15, -0.1) is 0 Å². The molecule has 0 saturated heterocycles. The van der Waals surface area contributed by atoms with Crippen LogP contribution in [0.1, 0.15) is 82.6 Å². The number of halogens is 1. The standard InChI is InChI=1S/C27H35I/c1-2-3-20-4-6-21(7-5-20)22-8-10-23(11-9-22)24-12-14-25(15-13-24)26-16-18-27(28)19-17-26/h12-23H,2-11H2,1H3. The lowest BCUT2D eigenvalue weighted by Crippen LogP contribution is -2.25. The third kappa shape index (κ3) is 5.01. The highest BCUT2D eigenvalue weighted by atomic mass is 127. The van der Waals surface area contributed by atoms with Crippen LogP contribution in [0.4, 0.5) is 0 Å². The van der Waals surface area contributed by atoms with Crippen LogP contribution in [0, 0.1) is 21.3 Å². The second-order valence-corrected chi connectivity index (χ2v) is 10.6. The molecule has 0 unspecified atom stereocenters. The number of hydrogen-bond donors (Lipinski definition) is 0. The SMILES string of the molecule is CCCC1CCC(C2CCC(c3ccc(-c4ccc(I)cc4)cc3)CC2)CC1. The van der Waals surface area contributed by atoms with Crippen LogP contribution < -0.4 is 0 Å². The van der Waals surface area contributed by atoms with Gasteiger partial charge in [0.2, 0.25) is 0 Å². The zero-order valence-corrected chi connectivity index (χ0v) is 19.5. The zero-order valence-electron chi connectivity index (χ0n) is 17.4. The predicted octanol–water partition coefficient (Wildman–Crippen LogP) is 8.84. The van der Waals surface area contributed by atoms with E-state index in [1.165, 1.54) is 78.9 Å². The Morgan fingerprint density at radius 2 is 1.18 bits per heavy atom. The maximum Gasteiger partial charge on any atom is 0.0130 e. The third-order valence-electron chi connectivity index (χ3n) is 7.59. The van der Waals surface area contributed by atoms with Crippen LogP contribution >= 0.6 is 22.6 Å². The Morgan fingerprint density at radius 3 is 1.71 bits per heavy atom. The molecule has 0 amide bonds. The monoisotopic (exact) mass is 486 g/mol. The summed E-state index contributed by atoms with van der Waals surface area (Å²) in [5.41, 5.74) is 4.24. The van der Waals surface area contributed by atoms with E-state index in [-0.39, 0.29) is 0 Å². The summed E-state index contributed by atoms with van der Waals surface area (Å²) in [6.45, 7) is 2.35. The minimum atomic E-state index is 0.790. The van der Waals surface area contributed by atoms with Crippen molar-refractivity contribution in [1.29, 1.82) is 0 Å². The summed E-state index contributed by atoms with van der Waals surface area (Å²) in [5.74, 6) is 3.89. The normalized spacial score (nSPS) is 28.2. The molecule has 2 aliphatic rings. The first-order chi connectivity index (χ1) is 13.7. The Balaban J connectivity index is 1.30. The lowest BCUT2D eigenvalue weighted by Gasteiger charge is -2.38. The lowest BCUT2D eigenvalue weighted by molar-refractivity contribution is 0.156. The molecule has 0 aromatic heterocycles. The molecule has 0 spiro atoms. The van der Waals surface area contributed by atoms with E-state index < -0.39 is 0 Å². The van der Waals surface area contributed by atoms with Gasteiger partial charge in [-0.2, -0.15) is 0 Å². The molecule has 2 fully saturated rings. The molecule has 0 bridgehead atoms. The molecule has 2 saturated carbocycles. The van der Waals surface area contributed by atoms with Crippen LogP contribution in [0.3, 0.4) is 0 Å². The van der Waals surface area contributed by atoms with Crippen molar-refractivity contribution in [3.63, 3.8) is 0 Å². The number of hydrogen-bond acceptors (Lipinski definition) is 0. The van der Waals surface area contributed by atoms with Crippen LogP contribution in [-0.4, -0.2) is 0 Å². The Labute approximate surface area is 185 Å². The number of rotatable bonds is 5. The summed E-state index contributed by atoms with van der Waals surface area (Å²) in [6.07, 6.45) is 14.6. The summed E-state index contributed by atoms with van der Waals surface area (Å²) in [4.78, 5) is 0. The third-order valence-corrected chi connectivity index (χ3v) is 8.31. The Bertz CT molecular complexity index is 714. The summed E-state index contributed by atoms with van der Waals surface area (Å²) in [6, 6.07) is 18.3. The van der Waals surface area contributed by atoms with Gasteiger partial charge < -0.3 is 0 Å². The first-order valence-corrected chi connectivity index (χ1v) is 12.7. The van der Waals surface area contributed by atoms with E-state index in [2.05, 4.69) is 78.0 Å². The van der Waals surface area contributed by atoms with Gasteiger partial charge in [-0.05, 0) is 114 Å². The fourth-order valence-corrected chi connectivity index (χ4v) is 6.23. The Hall–Kier alpha value is -0.830. The van der Waals surface area contributed by atoms with Crippen molar-refractivity contribution in [2.24, 2.45) is 17.8 Å². The summed E-state index contributed by atoms with van der Waals surface area (Å²) in [5, 5.41) is 0. The molecule has 2 aromatic carbocycles. The zero-order chi connectivity index (χ0) is 19.3.